The average Bonchev–Trinajstić information content (AvgIpc) is 2.26. The van der Waals surface area contributed by atoms with Crippen molar-refractivity contribution in [3.8, 4) is 5.75 Å². The summed E-state index contributed by atoms with van der Waals surface area (Å²) in [6, 6.07) is 5.46. The zero-order valence-corrected chi connectivity index (χ0v) is 10.2. The first-order valence-electron chi connectivity index (χ1n) is 5.57. The van der Waals surface area contributed by atoms with Crippen molar-refractivity contribution >= 4 is 11.7 Å². The van der Waals surface area contributed by atoms with Crippen molar-refractivity contribution in [3.63, 3.8) is 0 Å². The minimum absolute atomic E-state index is 0.00617. The van der Waals surface area contributed by atoms with Crippen molar-refractivity contribution in [1.29, 1.82) is 0 Å². The molecule has 18 heavy (non-hydrogen) atoms. The molecule has 0 atom stereocenters. The van der Waals surface area contributed by atoms with Gasteiger partial charge >= 0.3 is 12.6 Å². The molecule has 4 nitrogen and oxygen atoms in total. The number of carbonyl (C=O) groups is 1. The van der Waals surface area contributed by atoms with Crippen LogP contribution in [0.15, 0.2) is 24.3 Å². The summed E-state index contributed by atoms with van der Waals surface area (Å²) < 4.78 is 28.2. The van der Waals surface area contributed by atoms with Crippen LogP contribution in [0.3, 0.4) is 0 Å². The van der Waals surface area contributed by atoms with E-state index in [-0.39, 0.29) is 11.8 Å². The second-order valence-electron chi connectivity index (χ2n) is 4.14. The van der Waals surface area contributed by atoms with Crippen molar-refractivity contribution in [1.82, 2.24) is 5.32 Å². The number of urea groups is 1. The van der Waals surface area contributed by atoms with Crippen LogP contribution < -0.4 is 15.4 Å². The molecule has 0 unspecified atom stereocenters. The molecule has 2 amide bonds. The largest absolute Gasteiger partial charge is 0.435 e. The minimum Gasteiger partial charge on any atom is -0.435 e. The van der Waals surface area contributed by atoms with Crippen LogP contribution in [0.4, 0.5) is 19.3 Å². The fourth-order valence-electron chi connectivity index (χ4n) is 1.22. The fraction of sp³-hybridized carbons (Fsp3) is 0.417. The van der Waals surface area contributed by atoms with Gasteiger partial charge in [0.25, 0.3) is 0 Å². The molecule has 0 heterocycles. The van der Waals surface area contributed by atoms with Gasteiger partial charge in [0.05, 0.1) is 0 Å². The Kier molecular flexibility index (Phi) is 5.35. The van der Waals surface area contributed by atoms with E-state index in [4.69, 9.17) is 0 Å². The Morgan fingerprint density at radius 1 is 1.39 bits per heavy atom. The summed E-state index contributed by atoms with van der Waals surface area (Å²) in [6.45, 7) is 1.60. The number of ether oxygens (including phenoxy) is 1. The molecular weight excluding hydrogens is 242 g/mol. The number of anilines is 1. The predicted octanol–water partition coefficient (Wildman–Crippen LogP) is 3.07. The lowest BCUT2D eigenvalue weighted by Gasteiger charge is -2.10. The SMILES string of the molecule is CC(C)CNC(=O)Nc1cccc(OC(F)F)c1. The van der Waals surface area contributed by atoms with E-state index in [1.165, 1.54) is 18.2 Å². The molecule has 0 aliphatic heterocycles. The summed E-state index contributed by atoms with van der Waals surface area (Å²) in [7, 11) is 0. The van der Waals surface area contributed by atoms with Crippen LogP contribution in [-0.2, 0) is 0 Å². The van der Waals surface area contributed by atoms with E-state index in [9.17, 15) is 13.6 Å². The predicted molar refractivity (Wildman–Crippen MR) is 64.9 cm³/mol. The van der Waals surface area contributed by atoms with Gasteiger partial charge in [0.2, 0.25) is 0 Å². The van der Waals surface area contributed by atoms with E-state index in [2.05, 4.69) is 15.4 Å². The van der Waals surface area contributed by atoms with Crippen LogP contribution in [0.2, 0.25) is 0 Å². The summed E-state index contributed by atoms with van der Waals surface area (Å²) in [6.07, 6.45) is 0. The van der Waals surface area contributed by atoms with Crippen LogP contribution in [-0.4, -0.2) is 19.2 Å². The third kappa shape index (κ3) is 5.47. The molecule has 1 aromatic rings. The maximum Gasteiger partial charge on any atom is 0.387 e. The van der Waals surface area contributed by atoms with Gasteiger partial charge in [-0.1, -0.05) is 19.9 Å². The van der Waals surface area contributed by atoms with E-state index < -0.39 is 6.61 Å². The first kappa shape index (κ1) is 14.2. The Labute approximate surface area is 104 Å². The molecule has 0 bridgehead atoms. The van der Waals surface area contributed by atoms with Crippen LogP contribution in [0.1, 0.15) is 13.8 Å². The number of hydrogen-bond donors (Lipinski definition) is 2. The molecule has 0 saturated carbocycles. The van der Waals surface area contributed by atoms with Gasteiger partial charge in [0.1, 0.15) is 5.75 Å². The minimum atomic E-state index is -2.88. The molecule has 0 aliphatic carbocycles. The normalized spacial score (nSPS) is 10.6. The molecule has 0 aliphatic rings. The monoisotopic (exact) mass is 258 g/mol. The Morgan fingerprint density at radius 3 is 2.72 bits per heavy atom. The van der Waals surface area contributed by atoms with Gasteiger partial charge in [-0.3, -0.25) is 0 Å². The Morgan fingerprint density at radius 2 is 2.11 bits per heavy atom. The highest BCUT2D eigenvalue weighted by Crippen LogP contribution is 2.19. The first-order valence-corrected chi connectivity index (χ1v) is 5.57. The van der Waals surface area contributed by atoms with Crippen molar-refractivity contribution in [2.45, 2.75) is 20.5 Å². The molecule has 0 saturated heterocycles. The molecule has 0 spiro atoms. The quantitative estimate of drug-likeness (QED) is 0.852. The molecule has 6 heteroatoms. The molecule has 1 aromatic carbocycles. The second kappa shape index (κ2) is 6.78. The van der Waals surface area contributed by atoms with Gasteiger partial charge in [0, 0.05) is 18.3 Å². The van der Waals surface area contributed by atoms with Crippen LogP contribution in [0.5, 0.6) is 5.75 Å². The van der Waals surface area contributed by atoms with E-state index in [0.717, 1.165) is 0 Å². The molecular formula is C12H16F2N2O2. The maximum atomic E-state index is 12.0. The molecule has 2 N–H and O–H groups in total. The van der Waals surface area contributed by atoms with Gasteiger partial charge < -0.3 is 15.4 Å². The highest BCUT2D eigenvalue weighted by atomic mass is 19.3. The third-order valence-electron chi connectivity index (χ3n) is 1.99. The topological polar surface area (TPSA) is 50.4 Å². The highest BCUT2D eigenvalue weighted by Gasteiger charge is 2.06. The van der Waals surface area contributed by atoms with E-state index in [1.807, 2.05) is 13.8 Å². The first-order chi connectivity index (χ1) is 8.47. The molecule has 0 aromatic heterocycles. The smallest absolute Gasteiger partial charge is 0.387 e. The van der Waals surface area contributed by atoms with Gasteiger partial charge in [-0.15, -0.1) is 0 Å². The highest BCUT2D eigenvalue weighted by molar-refractivity contribution is 5.89. The molecule has 0 radical (unpaired) electrons. The number of alkyl halides is 2. The average molecular weight is 258 g/mol. The van der Waals surface area contributed by atoms with Crippen LogP contribution in [0.25, 0.3) is 0 Å². The zero-order chi connectivity index (χ0) is 13.5. The fourth-order valence-corrected chi connectivity index (χ4v) is 1.22. The van der Waals surface area contributed by atoms with E-state index in [0.29, 0.717) is 18.2 Å². The Bertz CT molecular complexity index is 397. The van der Waals surface area contributed by atoms with E-state index in [1.54, 1.807) is 6.07 Å². The van der Waals surface area contributed by atoms with Gasteiger partial charge in [0.15, 0.2) is 0 Å². The summed E-state index contributed by atoms with van der Waals surface area (Å²) in [4.78, 5) is 11.4. The molecule has 0 fully saturated rings. The van der Waals surface area contributed by atoms with E-state index >= 15 is 0 Å². The number of hydrogen-bond acceptors (Lipinski definition) is 2. The number of amides is 2. The Hall–Kier alpha value is -1.85. The zero-order valence-electron chi connectivity index (χ0n) is 10.2. The van der Waals surface area contributed by atoms with Gasteiger partial charge in [-0.2, -0.15) is 8.78 Å². The van der Waals surface area contributed by atoms with Crippen molar-refractivity contribution < 1.29 is 18.3 Å². The lowest BCUT2D eigenvalue weighted by atomic mass is 10.2. The number of nitrogens with one attached hydrogen (secondary N) is 2. The Balaban J connectivity index is 2.53. The maximum absolute atomic E-state index is 12.0. The summed E-state index contributed by atoms with van der Waals surface area (Å²) in [5.74, 6) is 0.343. The molecule has 100 valence electrons. The number of carbonyl (C=O) groups excluding carboxylic acids is 1. The standard InChI is InChI=1S/C12H16F2N2O2/c1-8(2)7-15-12(17)16-9-4-3-5-10(6-9)18-11(13)14/h3-6,8,11H,7H2,1-2H3,(H2,15,16,17). The van der Waals surface area contributed by atoms with Crippen molar-refractivity contribution in [2.24, 2.45) is 5.92 Å². The number of benzene rings is 1. The molecule has 1 rings (SSSR count). The number of halogens is 2. The summed E-state index contributed by atoms with van der Waals surface area (Å²) in [5, 5.41) is 5.19. The summed E-state index contributed by atoms with van der Waals surface area (Å²) in [5.41, 5.74) is 0.398. The van der Waals surface area contributed by atoms with Gasteiger partial charge in [-0.25, -0.2) is 4.79 Å². The third-order valence-corrected chi connectivity index (χ3v) is 1.99. The number of rotatable bonds is 5. The van der Waals surface area contributed by atoms with Gasteiger partial charge in [-0.05, 0) is 18.1 Å². The van der Waals surface area contributed by atoms with Crippen molar-refractivity contribution in [3.05, 3.63) is 24.3 Å². The lowest BCUT2D eigenvalue weighted by molar-refractivity contribution is -0.0497. The van der Waals surface area contributed by atoms with Crippen LogP contribution >= 0.6 is 0 Å². The lowest BCUT2D eigenvalue weighted by Crippen LogP contribution is -2.31. The second-order valence-corrected chi connectivity index (χ2v) is 4.14. The van der Waals surface area contributed by atoms with Crippen molar-refractivity contribution in [2.75, 3.05) is 11.9 Å². The van der Waals surface area contributed by atoms with Crippen LogP contribution in [0, 0.1) is 5.92 Å². The summed E-state index contributed by atoms with van der Waals surface area (Å²) >= 11 is 0.